The summed E-state index contributed by atoms with van der Waals surface area (Å²) in [6.07, 6.45) is 2.14. The summed E-state index contributed by atoms with van der Waals surface area (Å²) in [6.45, 7) is 5.72. The first kappa shape index (κ1) is 21.0. The number of benzene rings is 1. The molecule has 0 N–H and O–H groups in total. The van der Waals surface area contributed by atoms with Crippen molar-refractivity contribution in [2.24, 2.45) is 17.8 Å². The van der Waals surface area contributed by atoms with Crippen LogP contribution in [0.15, 0.2) is 35.6 Å². The molecule has 0 spiro atoms. The number of amides is 1. The van der Waals surface area contributed by atoms with Crippen molar-refractivity contribution < 1.29 is 18.7 Å². The lowest BCUT2D eigenvalue weighted by Gasteiger charge is -2.40. The zero-order chi connectivity index (χ0) is 21.6. The van der Waals surface area contributed by atoms with Crippen LogP contribution in [0.5, 0.6) is 0 Å². The van der Waals surface area contributed by atoms with Crippen molar-refractivity contribution >= 4 is 11.7 Å². The lowest BCUT2D eigenvalue weighted by Crippen LogP contribution is -2.43. The first-order valence-electron chi connectivity index (χ1n) is 10.9. The molecule has 5 nitrogen and oxygen atoms in total. The molecule has 0 radical (unpaired) electrons. The SMILES string of the molecule is CC1CC2OC3=C(C(=O)C2CC1C)C(c1ccc(F)cc1)N(CCCN(C)C)C3=O. The molecule has 1 aliphatic carbocycles. The summed E-state index contributed by atoms with van der Waals surface area (Å²) < 4.78 is 19.8. The molecule has 6 heteroatoms. The summed E-state index contributed by atoms with van der Waals surface area (Å²) in [5.74, 6) is 0.418. The van der Waals surface area contributed by atoms with Gasteiger partial charge in [-0.2, -0.15) is 0 Å². The number of nitrogens with zero attached hydrogens (tertiary/aromatic N) is 2. The fraction of sp³-hybridized carbons (Fsp3) is 0.583. The van der Waals surface area contributed by atoms with Crippen LogP contribution < -0.4 is 0 Å². The van der Waals surface area contributed by atoms with Crippen molar-refractivity contribution in [2.45, 2.75) is 45.3 Å². The Labute approximate surface area is 177 Å². The van der Waals surface area contributed by atoms with Gasteiger partial charge >= 0.3 is 0 Å². The minimum Gasteiger partial charge on any atom is -0.483 e. The molecule has 162 valence electrons. The van der Waals surface area contributed by atoms with Gasteiger partial charge in [0.25, 0.3) is 5.91 Å². The molecule has 1 amide bonds. The highest BCUT2D eigenvalue weighted by Crippen LogP contribution is 2.48. The van der Waals surface area contributed by atoms with E-state index >= 15 is 0 Å². The summed E-state index contributed by atoms with van der Waals surface area (Å²) in [5.41, 5.74) is 1.23. The van der Waals surface area contributed by atoms with Crippen LogP contribution in [-0.2, 0) is 14.3 Å². The molecule has 3 aliphatic rings. The van der Waals surface area contributed by atoms with Crippen LogP contribution in [0.25, 0.3) is 0 Å². The van der Waals surface area contributed by atoms with Gasteiger partial charge in [0.15, 0.2) is 11.5 Å². The molecule has 1 saturated carbocycles. The highest BCUT2D eigenvalue weighted by atomic mass is 19.1. The molecule has 0 saturated heterocycles. The second kappa shape index (κ2) is 8.14. The van der Waals surface area contributed by atoms with E-state index in [4.69, 9.17) is 4.74 Å². The summed E-state index contributed by atoms with van der Waals surface area (Å²) in [6, 6.07) is 5.62. The molecule has 0 bridgehead atoms. The molecule has 1 fully saturated rings. The highest BCUT2D eigenvalue weighted by Gasteiger charge is 2.53. The largest absolute Gasteiger partial charge is 0.483 e. The van der Waals surface area contributed by atoms with Crippen molar-refractivity contribution in [1.82, 2.24) is 9.80 Å². The predicted molar refractivity (Wildman–Crippen MR) is 112 cm³/mol. The van der Waals surface area contributed by atoms with Gasteiger partial charge in [-0.3, -0.25) is 9.59 Å². The number of ketones is 1. The topological polar surface area (TPSA) is 49.9 Å². The number of fused-ring (bicyclic) bond motifs is 1. The van der Waals surface area contributed by atoms with Crippen LogP contribution in [-0.4, -0.2) is 54.8 Å². The zero-order valence-electron chi connectivity index (χ0n) is 18.2. The number of rotatable bonds is 5. The summed E-state index contributed by atoms with van der Waals surface area (Å²) in [4.78, 5) is 30.8. The Morgan fingerprint density at radius 3 is 2.43 bits per heavy atom. The third-order valence-electron chi connectivity index (χ3n) is 7.00. The van der Waals surface area contributed by atoms with Crippen molar-refractivity contribution in [2.75, 3.05) is 27.2 Å². The molecule has 5 unspecified atom stereocenters. The monoisotopic (exact) mass is 414 g/mol. The van der Waals surface area contributed by atoms with Gasteiger partial charge in [-0.05, 0) is 69.4 Å². The summed E-state index contributed by atoms with van der Waals surface area (Å²) in [5, 5.41) is 0. The van der Waals surface area contributed by atoms with Gasteiger partial charge in [0.05, 0.1) is 17.5 Å². The first-order valence-corrected chi connectivity index (χ1v) is 10.9. The van der Waals surface area contributed by atoms with Crippen molar-refractivity contribution in [1.29, 1.82) is 0 Å². The number of hydrogen-bond acceptors (Lipinski definition) is 4. The van der Waals surface area contributed by atoms with Crippen LogP contribution in [0.4, 0.5) is 4.39 Å². The smallest absolute Gasteiger partial charge is 0.290 e. The maximum absolute atomic E-state index is 13.6. The number of carbonyl (C=O) groups excluding carboxylic acids is 2. The van der Waals surface area contributed by atoms with E-state index in [1.54, 1.807) is 17.0 Å². The number of Topliss-reactive ketones (excluding diaryl/α,β-unsaturated/α-hetero) is 1. The predicted octanol–water partition coefficient (Wildman–Crippen LogP) is 3.56. The zero-order valence-corrected chi connectivity index (χ0v) is 18.2. The van der Waals surface area contributed by atoms with Crippen molar-refractivity contribution in [3.05, 3.63) is 47.0 Å². The van der Waals surface area contributed by atoms with Gasteiger partial charge < -0.3 is 14.5 Å². The van der Waals surface area contributed by atoms with Gasteiger partial charge in [0, 0.05) is 6.54 Å². The highest BCUT2D eigenvalue weighted by molar-refractivity contribution is 6.11. The second-order valence-electron chi connectivity index (χ2n) is 9.41. The average Bonchev–Trinajstić information content (AvgIpc) is 2.97. The lowest BCUT2D eigenvalue weighted by atomic mass is 9.70. The third-order valence-corrected chi connectivity index (χ3v) is 7.00. The van der Waals surface area contributed by atoms with Gasteiger partial charge in [-0.15, -0.1) is 0 Å². The van der Waals surface area contributed by atoms with Gasteiger partial charge in [-0.25, -0.2) is 4.39 Å². The van der Waals surface area contributed by atoms with E-state index in [2.05, 4.69) is 18.7 Å². The van der Waals surface area contributed by atoms with E-state index in [0.29, 0.717) is 24.0 Å². The van der Waals surface area contributed by atoms with Crippen LogP contribution in [0.2, 0.25) is 0 Å². The molecule has 0 aromatic heterocycles. The molecule has 5 atom stereocenters. The third kappa shape index (κ3) is 3.66. The maximum atomic E-state index is 13.6. The van der Waals surface area contributed by atoms with Crippen LogP contribution >= 0.6 is 0 Å². The Balaban J connectivity index is 1.70. The fourth-order valence-corrected chi connectivity index (χ4v) is 5.09. The lowest BCUT2D eigenvalue weighted by molar-refractivity contribution is -0.137. The molecule has 30 heavy (non-hydrogen) atoms. The average molecular weight is 415 g/mol. The quantitative estimate of drug-likeness (QED) is 0.739. The van der Waals surface area contributed by atoms with Crippen LogP contribution in [0.3, 0.4) is 0 Å². The van der Waals surface area contributed by atoms with E-state index in [9.17, 15) is 14.0 Å². The molecule has 2 aliphatic heterocycles. The van der Waals surface area contributed by atoms with Gasteiger partial charge in [0.1, 0.15) is 11.9 Å². The molecule has 1 aromatic carbocycles. The Morgan fingerprint density at radius 1 is 1.10 bits per heavy atom. The standard InChI is InChI=1S/C24H31FN2O3/c1-14-12-18-19(13-15(14)2)30-23-20(22(18)28)21(16-6-8-17(25)9-7-16)27(24(23)29)11-5-10-26(3)4/h6-9,14-15,18-19,21H,5,10-13H2,1-4H3. The Hall–Kier alpha value is -2.21. The maximum Gasteiger partial charge on any atom is 0.290 e. The Kier molecular flexibility index (Phi) is 5.71. The van der Waals surface area contributed by atoms with Gasteiger partial charge in [0.2, 0.25) is 0 Å². The van der Waals surface area contributed by atoms with E-state index in [0.717, 1.165) is 31.4 Å². The van der Waals surface area contributed by atoms with E-state index in [-0.39, 0.29) is 35.3 Å². The molecule has 1 aromatic rings. The van der Waals surface area contributed by atoms with Crippen LogP contribution in [0.1, 0.15) is 44.7 Å². The van der Waals surface area contributed by atoms with E-state index < -0.39 is 6.04 Å². The normalized spacial score (nSPS) is 31.1. The Morgan fingerprint density at radius 2 is 1.77 bits per heavy atom. The minimum absolute atomic E-state index is 0.0396. The number of carbonyl (C=O) groups is 2. The number of hydrogen-bond donors (Lipinski definition) is 0. The molecular formula is C24H31FN2O3. The number of ether oxygens (including phenoxy) is 1. The first-order chi connectivity index (χ1) is 14.3. The molecule has 2 heterocycles. The molecule has 4 rings (SSSR count). The minimum atomic E-state index is -0.502. The summed E-state index contributed by atoms with van der Waals surface area (Å²) >= 11 is 0. The second-order valence-corrected chi connectivity index (χ2v) is 9.41. The van der Waals surface area contributed by atoms with Gasteiger partial charge in [-0.1, -0.05) is 26.0 Å². The fourth-order valence-electron chi connectivity index (χ4n) is 5.09. The number of halogens is 1. The summed E-state index contributed by atoms with van der Waals surface area (Å²) in [7, 11) is 3.98. The van der Waals surface area contributed by atoms with Crippen molar-refractivity contribution in [3.8, 4) is 0 Å². The van der Waals surface area contributed by atoms with E-state index in [1.807, 2.05) is 14.1 Å². The van der Waals surface area contributed by atoms with Crippen molar-refractivity contribution in [3.63, 3.8) is 0 Å². The Bertz CT molecular complexity index is 864. The molecular weight excluding hydrogens is 383 g/mol. The van der Waals surface area contributed by atoms with E-state index in [1.165, 1.54) is 12.1 Å². The van der Waals surface area contributed by atoms with Crippen LogP contribution in [0, 0.1) is 23.6 Å².